The van der Waals surface area contributed by atoms with Gasteiger partial charge in [0, 0.05) is 17.4 Å². The highest BCUT2D eigenvalue weighted by Crippen LogP contribution is 2.38. The number of benzene rings is 2. The number of sulfone groups is 1. The van der Waals surface area contributed by atoms with E-state index < -0.39 is 15.9 Å². The molecule has 2 saturated heterocycles. The first-order chi connectivity index (χ1) is 12.4. The standard InChI is InChI=1S/C19H20N2O4S/c1-13-6-8-14(9-7-13)20-17-11-26(23,24)12-18(17)21(19(20)22)15-4-3-5-16(10-15)25-2/h3-10,17-18H,11-12H2,1-2H3. The number of fused-ring (bicyclic) bond motifs is 1. The van der Waals surface area contributed by atoms with Crippen LogP contribution in [0.3, 0.4) is 0 Å². The van der Waals surface area contributed by atoms with Gasteiger partial charge in [-0.1, -0.05) is 23.8 Å². The van der Waals surface area contributed by atoms with Crippen LogP contribution >= 0.6 is 0 Å². The monoisotopic (exact) mass is 372 g/mol. The van der Waals surface area contributed by atoms with Gasteiger partial charge in [-0.05, 0) is 31.2 Å². The highest BCUT2D eigenvalue weighted by Gasteiger charge is 2.54. The number of ether oxygens (including phenoxy) is 1. The number of carbonyl (C=O) groups is 1. The Morgan fingerprint density at radius 2 is 1.58 bits per heavy atom. The number of anilines is 2. The van der Waals surface area contributed by atoms with Gasteiger partial charge >= 0.3 is 6.03 Å². The summed E-state index contributed by atoms with van der Waals surface area (Å²) >= 11 is 0. The molecule has 2 aromatic carbocycles. The predicted octanol–water partition coefficient (Wildman–Crippen LogP) is 2.62. The van der Waals surface area contributed by atoms with E-state index in [1.54, 1.807) is 41.2 Å². The summed E-state index contributed by atoms with van der Waals surface area (Å²) in [6.45, 7) is 1.97. The Balaban J connectivity index is 1.80. The summed E-state index contributed by atoms with van der Waals surface area (Å²) in [4.78, 5) is 16.4. The van der Waals surface area contributed by atoms with Gasteiger partial charge in [0.1, 0.15) is 5.75 Å². The van der Waals surface area contributed by atoms with E-state index in [2.05, 4.69) is 0 Å². The molecule has 0 aliphatic carbocycles. The van der Waals surface area contributed by atoms with Crippen molar-refractivity contribution in [1.29, 1.82) is 0 Å². The van der Waals surface area contributed by atoms with E-state index in [1.807, 2.05) is 31.2 Å². The van der Waals surface area contributed by atoms with E-state index in [1.165, 1.54) is 0 Å². The zero-order chi connectivity index (χ0) is 18.5. The number of hydrogen-bond donors (Lipinski definition) is 0. The number of aryl methyl sites for hydroxylation is 1. The number of hydrogen-bond acceptors (Lipinski definition) is 4. The fourth-order valence-electron chi connectivity index (χ4n) is 3.77. The Morgan fingerprint density at radius 3 is 2.19 bits per heavy atom. The second-order valence-corrected chi connectivity index (χ2v) is 8.93. The van der Waals surface area contributed by atoms with Crippen molar-refractivity contribution >= 4 is 27.2 Å². The summed E-state index contributed by atoms with van der Waals surface area (Å²) in [7, 11) is -1.64. The third kappa shape index (κ3) is 2.72. The van der Waals surface area contributed by atoms with Crippen LogP contribution < -0.4 is 14.5 Å². The van der Waals surface area contributed by atoms with Crippen LogP contribution in [0.2, 0.25) is 0 Å². The van der Waals surface area contributed by atoms with E-state index in [0.29, 0.717) is 11.4 Å². The quantitative estimate of drug-likeness (QED) is 0.777. The van der Waals surface area contributed by atoms with E-state index in [9.17, 15) is 13.2 Å². The largest absolute Gasteiger partial charge is 0.497 e. The molecular formula is C19H20N2O4S. The van der Waals surface area contributed by atoms with Crippen LogP contribution in [0.15, 0.2) is 48.5 Å². The lowest BCUT2D eigenvalue weighted by atomic mass is 10.1. The maximum absolute atomic E-state index is 13.2. The summed E-state index contributed by atoms with van der Waals surface area (Å²) < 4.78 is 29.8. The Hall–Kier alpha value is -2.54. The highest BCUT2D eigenvalue weighted by molar-refractivity contribution is 7.91. The molecule has 26 heavy (non-hydrogen) atoms. The summed E-state index contributed by atoms with van der Waals surface area (Å²) in [5.41, 5.74) is 2.45. The fraction of sp³-hybridized carbons (Fsp3) is 0.316. The first-order valence-electron chi connectivity index (χ1n) is 8.43. The number of urea groups is 1. The average Bonchev–Trinajstić information content (AvgIpc) is 3.04. The van der Waals surface area contributed by atoms with Crippen molar-refractivity contribution in [2.45, 2.75) is 19.0 Å². The fourth-order valence-corrected chi connectivity index (χ4v) is 5.69. The summed E-state index contributed by atoms with van der Waals surface area (Å²) in [5.74, 6) is 0.585. The second kappa shape index (κ2) is 6.02. The van der Waals surface area contributed by atoms with Gasteiger partial charge in [-0.2, -0.15) is 0 Å². The molecular weight excluding hydrogens is 352 g/mol. The van der Waals surface area contributed by atoms with E-state index in [4.69, 9.17) is 4.74 Å². The summed E-state index contributed by atoms with van der Waals surface area (Å²) in [5, 5.41) is 0. The van der Waals surface area contributed by atoms with Crippen molar-refractivity contribution in [3.05, 3.63) is 54.1 Å². The molecule has 0 N–H and O–H groups in total. The number of methoxy groups -OCH3 is 1. The second-order valence-electron chi connectivity index (χ2n) is 6.77. The predicted molar refractivity (Wildman–Crippen MR) is 101 cm³/mol. The zero-order valence-corrected chi connectivity index (χ0v) is 15.4. The molecule has 0 bridgehead atoms. The molecule has 7 heteroatoms. The van der Waals surface area contributed by atoms with Crippen LogP contribution in [0, 0.1) is 6.92 Å². The number of carbonyl (C=O) groups excluding carboxylic acids is 1. The van der Waals surface area contributed by atoms with Crippen LogP contribution in [-0.4, -0.2) is 45.1 Å². The normalized spacial score (nSPS) is 24.0. The lowest BCUT2D eigenvalue weighted by molar-refractivity contribution is 0.255. The van der Waals surface area contributed by atoms with Crippen molar-refractivity contribution in [1.82, 2.24) is 0 Å². The van der Waals surface area contributed by atoms with Crippen molar-refractivity contribution < 1.29 is 17.9 Å². The Morgan fingerprint density at radius 1 is 0.962 bits per heavy atom. The lowest BCUT2D eigenvalue weighted by Crippen LogP contribution is -2.37. The molecule has 2 heterocycles. The smallest absolute Gasteiger partial charge is 0.329 e. The van der Waals surface area contributed by atoms with Gasteiger partial charge in [-0.25, -0.2) is 13.2 Å². The molecule has 4 rings (SSSR count). The van der Waals surface area contributed by atoms with Crippen LogP contribution in [0.25, 0.3) is 0 Å². The third-order valence-corrected chi connectivity index (χ3v) is 6.71. The first kappa shape index (κ1) is 16.9. The summed E-state index contributed by atoms with van der Waals surface area (Å²) in [6, 6.07) is 13.8. The Bertz CT molecular complexity index is 956. The Kier molecular flexibility index (Phi) is 3.91. The zero-order valence-electron chi connectivity index (χ0n) is 14.6. The molecule has 0 spiro atoms. The van der Waals surface area contributed by atoms with Crippen molar-refractivity contribution in [2.24, 2.45) is 0 Å². The lowest BCUT2D eigenvalue weighted by Gasteiger charge is -2.23. The molecule has 2 aromatic rings. The Labute approximate surface area is 152 Å². The molecule has 0 saturated carbocycles. The van der Waals surface area contributed by atoms with Gasteiger partial charge < -0.3 is 4.74 Å². The minimum Gasteiger partial charge on any atom is -0.497 e. The minimum absolute atomic E-state index is 0.0161. The topological polar surface area (TPSA) is 66.9 Å². The SMILES string of the molecule is COc1cccc(N2C(=O)N(c3ccc(C)cc3)C3CS(=O)(=O)CC32)c1. The number of amides is 2. The molecule has 0 radical (unpaired) electrons. The van der Waals surface area contributed by atoms with Crippen LogP contribution in [0.4, 0.5) is 16.2 Å². The third-order valence-electron chi connectivity index (χ3n) is 5.01. The van der Waals surface area contributed by atoms with Crippen LogP contribution in [0.5, 0.6) is 5.75 Å². The summed E-state index contributed by atoms with van der Waals surface area (Å²) in [6.07, 6.45) is 0. The maximum Gasteiger partial charge on any atom is 0.329 e. The average molecular weight is 372 g/mol. The van der Waals surface area contributed by atoms with Gasteiger partial charge in [0.25, 0.3) is 0 Å². The molecule has 2 aliphatic heterocycles. The molecule has 136 valence electrons. The molecule has 2 fully saturated rings. The number of rotatable bonds is 3. The van der Waals surface area contributed by atoms with Crippen LogP contribution in [0.1, 0.15) is 5.56 Å². The van der Waals surface area contributed by atoms with E-state index >= 15 is 0 Å². The van der Waals surface area contributed by atoms with Crippen molar-refractivity contribution in [2.75, 3.05) is 28.4 Å². The molecule has 6 nitrogen and oxygen atoms in total. The number of nitrogens with zero attached hydrogens (tertiary/aromatic N) is 2. The van der Waals surface area contributed by atoms with Gasteiger partial charge in [-0.15, -0.1) is 0 Å². The van der Waals surface area contributed by atoms with Crippen molar-refractivity contribution in [3.8, 4) is 5.75 Å². The molecule has 2 atom stereocenters. The van der Waals surface area contributed by atoms with E-state index in [-0.39, 0.29) is 23.6 Å². The van der Waals surface area contributed by atoms with Gasteiger partial charge in [0.05, 0.1) is 30.7 Å². The first-order valence-corrected chi connectivity index (χ1v) is 10.3. The van der Waals surface area contributed by atoms with Gasteiger partial charge in [0.2, 0.25) is 0 Å². The molecule has 2 aliphatic rings. The molecule has 0 aromatic heterocycles. The van der Waals surface area contributed by atoms with Gasteiger partial charge in [0.15, 0.2) is 9.84 Å². The highest BCUT2D eigenvalue weighted by atomic mass is 32.2. The van der Waals surface area contributed by atoms with E-state index in [0.717, 1.165) is 11.3 Å². The molecule has 2 unspecified atom stereocenters. The van der Waals surface area contributed by atoms with Crippen LogP contribution in [-0.2, 0) is 9.84 Å². The molecule has 2 amide bonds. The maximum atomic E-state index is 13.2. The van der Waals surface area contributed by atoms with Gasteiger partial charge in [-0.3, -0.25) is 9.80 Å². The minimum atomic E-state index is -3.20. The van der Waals surface area contributed by atoms with Crippen molar-refractivity contribution in [3.63, 3.8) is 0 Å².